The molecule has 25 heavy (non-hydrogen) atoms. The van der Waals surface area contributed by atoms with Crippen molar-refractivity contribution in [3.63, 3.8) is 0 Å². The van der Waals surface area contributed by atoms with Gasteiger partial charge in [-0.3, -0.25) is 10.1 Å². The number of hydrogen-bond donors (Lipinski definition) is 2. The van der Waals surface area contributed by atoms with E-state index in [4.69, 9.17) is 11.6 Å². The fourth-order valence-corrected chi connectivity index (χ4v) is 2.70. The second-order valence-corrected chi connectivity index (χ2v) is 5.80. The van der Waals surface area contributed by atoms with Crippen LogP contribution in [0.1, 0.15) is 10.4 Å². The second-order valence-electron chi connectivity index (χ2n) is 5.37. The van der Waals surface area contributed by atoms with Gasteiger partial charge in [0.15, 0.2) is 0 Å². The standard InChI is InChI=1S/C18H12ClN5O/c19-12-7-5-11(6-8-12)16-9-14(13-3-1-2-4-15(13)22-16)17(25)23-18-20-10-21-24-18/h1-10H,(H2,20,21,23,24,25). The van der Waals surface area contributed by atoms with Crippen molar-refractivity contribution >= 4 is 34.4 Å². The lowest BCUT2D eigenvalue weighted by Crippen LogP contribution is -2.14. The summed E-state index contributed by atoms with van der Waals surface area (Å²) in [6.07, 6.45) is 1.33. The Hall–Kier alpha value is -3.25. The highest BCUT2D eigenvalue weighted by Gasteiger charge is 2.15. The number of rotatable bonds is 3. The van der Waals surface area contributed by atoms with Crippen LogP contribution in [0.2, 0.25) is 5.02 Å². The average Bonchev–Trinajstić information content (AvgIpc) is 3.14. The maximum absolute atomic E-state index is 12.7. The Morgan fingerprint density at radius 2 is 1.88 bits per heavy atom. The Morgan fingerprint density at radius 3 is 2.64 bits per heavy atom. The molecule has 2 aromatic carbocycles. The summed E-state index contributed by atoms with van der Waals surface area (Å²) in [6.45, 7) is 0. The Balaban J connectivity index is 1.84. The first kappa shape index (κ1) is 15.3. The summed E-state index contributed by atoms with van der Waals surface area (Å²) in [5, 5.41) is 10.5. The number of para-hydroxylation sites is 1. The van der Waals surface area contributed by atoms with E-state index in [9.17, 15) is 4.79 Å². The maximum atomic E-state index is 12.7. The van der Waals surface area contributed by atoms with E-state index in [-0.39, 0.29) is 5.91 Å². The minimum Gasteiger partial charge on any atom is -0.291 e. The van der Waals surface area contributed by atoms with E-state index in [1.807, 2.05) is 36.4 Å². The lowest BCUT2D eigenvalue weighted by molar-refractivity contribution is 0.102. The van der Waals surface area contributed by atoms with Crippen molar-refractivity contribution in [3.05, 3.63) is 71.5 Å². The van der Waals surface area contributed by atoms with E-state index in [1.54, 1.807) is 18.2 Å². The second kappa shape index (κ2) is 6.33. The van der Waals surface area contributed by atoms with Crippen LogP contribution in [0.4, 0.5) is 5.95 Å². The summed E-state index contributed by atoms with van der Waals surface area (Å²) in [6, 6.07) is 16.6. The van der Waals surface area contributed by atoms with Crippen molar-refractivity contribution in [1.29, 1.82) is 0 Å². The van der Waals surface area contributed by atoms with Crippen LogP contribution >= 0.6 is 11.6 Å². The molecule has 2 heterocycles. The van der Waals surface area contributed by atoms with Crippen LogP contribution in [-0.2, 0) is 0 Å². The first-order chi connectivity index (χ1) is 12.2. The van der Waals surface area contributed by atoms with E-state index in [1.165, 1.54) is 6.33 Å². The summed E-state index contributed by atoms with van der Waals surface area (Å²) >= 11 is 5.95. The number of halogens is 1. The Bertz CT molecular complexity index is 1040. The molecule has 2 N–H and O–H groups in total. The normalized spacial score (nSPS) is 10.8. The highest BCUT2D eigenvalue weighted by molar-refractivity contribution is 6.30. The van der Waals surface area contributed by atoms with Crippen molar-refractivity contribution in [1.82, 2.24) is 20.2 Å². The van der Waals surface area contributed by atoms with Crippen molar-refractivity contribution in [2.75, 3.05) is 5.32 Å². The van der Waals surface area contributed by atoms with Crippen LogP contribution in [0.15, 0.2) is 60.9 Å². The predicted octanol–water partition coefficient (Wildman–Crippen LogP) is 3.93. The van der Waals surface area contributed by atoms with Gasteiger partial charge in [-0.2, -0.15) is 10.1 Å². The number of hydrogen-bond acceptors (Lipinski definition) is 4. The van der Waals surface area contributed by atoms with E-state index in [0.29, 0.717) is 22.2 Å². The zero-order chi connectivity index (χ0) is 17.2. The molecule has 0 spiro atoms. The number of carbonyl (C=O) groups is 1. The minimum atomic E-state index is -0.287. The van der Waals surface area contributed by atoms with Crippen molar-refractivity contribution in [3.8, 4) is 11.3 Å². The van der Waals surface area contributed by atoms with Gasteiger partial charge < -0.3 is 0 Å². The maximum Gasteiger partial charge on any atom is 0.258 e. The molecular formula is C18H12ClN5O. The molecule has 7 heteroatoms. The van der Waals surface area contributed by atoms with Gasteiger partial charge in [0.2, 0.25) is 5.95 Å². The summed E-state index contributed by atoms with van der Waals surface area (Å²) in [5.74, 6) is 0.00417. The number of benzene rings is 2. The zero-order valence-electron chi connectivity index (χ0n) is 12.9. The van der Waals surface area contributed by atoms with Gasteiger partial charge in [0, 0.05) is 16.0 Å². The molecule has 0 aliphatic heterocycles. The smallest absolute Gasteiger partial charge is 0.258 e. The van der Waals surface area contributed by atoms with Crippen LogP contribution < -0.4 is 5.32 Å². The number of fused-ring (bicyclic) bond motifs is 1. The highest BCUT2D eigenvalue weighted by atomic mass is 35.5. The van der Waals surface area contributed by atoms with Gasteiger partial charge in [0.25, 0.3) is 5.91 Å². The van der Waals surface area contributed by atoms with Crippen molar-refractivity contribution in [2.24, 2.45) is 0 Å². The molecule has 2 aromatic heterocycles. The van der Waals surface area contributed by atoms with Gasteiger partial charge >= 0.3 is 0 Å². The molecule has 0 unspecified atom stereocenters. The van der Waals surface area contributed by atoms with Gasteiger partial charge in [-0.1, -0.05) is 41.9 Å². The molecule has 122 valence electrons. The van der Waals surface area contributed by atoms with E-state index in [0.717, 1.165) is 16.5 Å². The minimum absolute atomic E-state index is 0.287. The zero-order valence-corrected chi connectivity index (χ0v) is 13.7. The fraction of sp³-hybridized carbons (Fsp3) is 0. The molecule has 0 aliphatic carbocycles. The Morgan fingerprint density at radius 1 is 1.08 bits per heavy atom. The van der Waals surface area contributed by atoms with Gasteiger partial charge in [-0.15, -0.1) is 0 Å². The molecule has 0 fully saturated rings. The van der Waals surface area contributed by atoms with Crippen molar-refractivity contribution < 1.29 is 4.79 Å². The van der Waals surface area contributed by atoms with Gasteiger partial charge in [-0.25, -0.2) is 10.1 Å². The van der Waals surface area contributed by atoms with Crippen LogP contribution in [0.3, 0.4) is 0 Å². The van der Waals surface area contributed by atoms with E-state index < -0.39 is 0 Å². The van der Waals surface area contributed by atoms with E-state index >= 15 is 0 Å². The number of anilines is 1. The average molecular weight is 350 g/mol. The molecule has 0 saturated carbocycles. The van der Waals surface area contributed by atoms with Gasteiger partial charge in [-0.05, 0) is 24.3 Å². The number of nitrogens with zero attached hydrogens (tertiary/aromatic N) is 3. The number of aromatic nitrogens is 4. The molecule has 1 amide bonds. The molecule has 0 aliphatic rings. The summed E-state index contributed by atoms with van der Waals surface area (Å²) < 4.78 is 0. The lowest BCUT2D eigenvalue weighted by atomic mass is 10.0. The highest BCUT2D eigenvalue weighted by Crippen LogP contribution is 2.26. The third kappa shape index (κ3) is 3.07. The predicted molar refractivity (Wildman–Crippen MR) is 96.5 cm³/mol. The van der Waals surface area contributed by atoms with Crippen LogP contribution in [0.5, 0.6) is 0 Å². The van der Waals surface area contributed by atoms with Gasteiger partial charge in [0.05, 0.1) is 16.8 Å². The number of nitrogens with one attached hydrogen (secondary N) is 2. The molecule has 0 radical (unpaired) electrons. The van der Waals surface area contributed by atoms with Crippen LogP contribution in [0.25, 0.3) is 22.2 Å². The number of amides is 1. The van der Waals surface area contributed by atoms with Crippen LogP contribution in [0, 0.1) is 0 Å². The summed E-state index contributed by atoms with van der Waals surface area (Å²) in [5.41, 5.74) is 2.81. The molecule has 4 rings (SSSR count). The number of pyridine rings is 1. The summed E-state index contributed by atoms with van der Waals surface area (Å²) in [7, 11) is 0. The molecule has 4 aromatic rings. The monoisotopic (exact) mass is 349 g/mol. The Labute approximate surface area is 147 Å². The number of carbonyl (C=O) groups excluding carboxylic acids is 1. The van der Waals surface area contributed by atoms with Crippen LogP contribution in [-0.4, -0.2) is 26.1 Å². The largest absolute Gasteiger partial charge is 0.291 e. The summed E-state index contributed by atoms with van der Waals surface area (Å²) in [4.78, 5) is 21.3. The molecule has 0 atom stereocenters. The molecule has 0 bridgehead atoms. The quantitative estimate of drug-likeness (QED) is 0.587. The fourth-order valence-electron chi connectivity index (χ4n) is 2.57. The molecule has 0 saturated heterocycles. The molecular weight excluding hydrogens is 338 g/mol. The first-order valence-electron chi connectivity index (χ1n) is 7.53. The third-order valence-electron chi connectivity index (χ3n) is 3.75. The lowest BCUT2D eigenvalue weighted by Gasteiger charge is -2.09. The van der Waals surface area contributed by atoms with E-state index in [2.05, 4.69) is 25.5 Å². The Kier molecular flexibility index (Phi) is 3.87. The topological polar surface area (TPSA) is 83.6 Å². The molecule has 6 nitrogen and oxygen atoms in total. The van der Waals surface area contributed by atoms with Crippen molar-refractivity contribution in [2.45, 2.75) is 0 Å². The number of aromatic amines is 1. The third-order valence-corrected chi connectivity index (χ3v) is 4.00. The number of H-pyrrole nitrogens is 1. The first-order valence-corrected chi connectivity index (χ1v) is 7.91. The SMILES string of the molecule is O=C(Nc1ncn[nH]1)c1cc(-c2ccc(Cl)cc2)nc2ccccc12. The van der Waals surface area contributed by atoms with Gasteiger partial charge in [0.1, 0.15) is 6.33 Å².